The average molecular weight is 434 g/mol. The van der Waals surface area contributed by atoms with Gasteiger partial charge in [0.05, 0.1) is 6.61 Å². The van der Waals surface area contributed by atoms with Crippen molar-refractivity contribution in [3.05, 3.63) is 46.3 Å². The van der Waals surface area contributed by atoms with E-state index in [-0.39, 0.29) is 12.5 Å². The van der Waals surface area contributed by atoms with Crippen molar-refractivity contribution in [1.29, 1.82) is 0 Å². The second kappa shape index (κ2) is 9.81. The number of rotatable bonds is 8. The quantitative estimate of drug-likeness (QED) is 0.403. The van der Waals surface area contributed by atoms with Crippen LogP contribution in [0.5, 0.6) is 0 Å². The van der Waals surface area contributed by atoms with Crippen LogP contribution in [0.2, 0.25) is 0 Å². The molecule has 0 aliphatic heterocycles. The number of carbonyl (C=O) groups is 2. The van der Waals surface area contributed by atoms with Gasteiger partial charge in [-0.1, -0.05) is 53.4 Å². The molecule has 0 aliphatic carbocycles. The molecule has 3 aromatic rings. The van der Waals surface area contributed by atoms with Gasteiger partial charge in [0.2, 0.25) is 5.91 Å². The second-order valence-corrected chi connectivity index (χ2v) is 9.08. The van der Waals surface area contributed by atoms with Crippen LogP contribution in [0.1, 0.15) is 28.7 Å². The molecule has 28 heavy (non-hydrogen) atoms. The largest absolute Gasteiger partial charge is 0.462 e. The molecule has 0 spiro atoms. The molecule has 2 aromatic heterocycles. The van der Waals surface area contributed by atoms with Crippen molar-refractivity contribution in [3.8, 4) is 11.1 Å². The number of thiophene rings is 1. The molecule has 9 heteroatoms. The maximum absolute atomic E-state index is 12.5. The van der Waals surface area contributed by atoms with E-state index in [0.717, 1.165) is 20.5 Å². The average Bonchev–Trinajstić information content (AvgIpc) is 3.29. The SMILES string of the molecule is CCOC(=O)c1c(-c2ccccc2)csc1NC(=O)CCSc1nnc(C)s1. The Morgan fingerprint density at radius 2 is 2.00 bits per heavy atom. The van der Waals surface area contributed by atoms with Crippen molar-refractivity contribution in [2.75, 3.05) is 17.7 Å². The minimum atomic E-state index is -0.434. The smallest absolute Gasteiger partial charge is 0.341 e. The molecule has 146 valence electrons. The van der Waals surface area contributed by atoms with E-state index >= 15 is 0 Å². The number of benzene rings is 1. The molecule has 1 amide bonds. The lowest BCUT2D eigenvalue weighted by molar-refractivity contribution is -0.115. The van der Waals surface area contributed by atoms with Gasteiger partial charge in [-0.05, 0) is 19.4 Å². The molecule has 0 saturated heterocycles. The highest BCUT2D eigenvalue weighted by Gasteiger charge is 2.22. The van der Waals surface area contributed by atoms with E-state index in [0.29, 0.717) is 22.7 Å². The summed E-state index contributed by atoms with van der Waals surface area (Å²) in [7, 11) is 0. The zero-order valence-corrected chi connectivity index (χ0v) is 17.9. The fourth-order valence-corrected chi connectivity index (χ4v) is 5.24. The van der Waals surface area contributed by atoms with Gasteiger partial charge in [-0.25, -0.2) is 4.79 Å². The van der Waals surface area contributed by atoms with E-state index in [4.69, 9.17) is 4.74 Å². The maximum Gasteiger partial charge on any atom is 0.341 e. The molecular formula is C19H19N3O3S3. The molecule has 3 rings (SSSR count). The van der Waals surface area contributed by atoms with Crippen LogP contribution in [-0.4, -0.2) is 34.4 Å². The Morgan fingerprint density at radius 3 is 2.68 bits per heavy atom. The Morgan fingerprint density at radius 1 is 1.21 bits per heavy atom. The summed E-state index contributed by atoms with van der Waals surface area (Å²) in [6, 6.07) is 9.59. The lowest BCUT2D eigenvalue weighted by atomic mass is 10.0. The number of aryl methyl sites for hydroxylation is 1. The summed E-state index contributed by atoms with van der Waals surface area (Å²) in [5, 5.41) is 14.1. The predicted octanol–water partition coefficient (Wildman–Crippen LogP) is 4.87. The number of thioether (sulfide) groups is 1. The van der Waals surface area contributed by atoms with Gasteiger partial charge in [-0.15, -0.1) is 21.5 Å². The zero-order valence-electron chi connectivity index (χ0n) is 15.4. The number of hydrogen-bond donors (Lipinski definition) is 1. The standard InChI is InChI=1S/C19H19N3O3S3/c1-3-25-18(24)16-14(13-7-5-4-6-8-13)11-27-17(16)20-15(23)9-10-26-19-22-21-12(2)28-19/h4-8,11H,3,9-10H2,1-2H3,(H,20,23). The number of ether oxygens (including phenoxy) is 1. The first-order valence-electron chi connectivity index (χ1n) is 8.65. The molecule has 0 bridgehead atoms. The van der Waals surface area contributed by atoms with Crippen LogP contribution in [-0.2, 0) is 9.53 Å². The molecule has 1 N–H and O–H groups in total. The number of aromatic nitrogens is 2. The number of anilines is 1. The van der Waals surface area contributed by atoms with Crippen LogP contribution in [0, 0.1) is 6.92 Å². The van der Waals surface area contributed by atoms with Crippen molar-refractivity contribution < 1.29 is 14.3 Å². The topological polar surface area (TPSA) is 81.2 Å². The van der Waals surface area contributed by atoms with E-state index in [1.807, 2.05) is 42.6 Å². The summed E-state index contributed by atoms with van der Waals surface area (Å²) in [6.45, 7) is 3.93. The van der Waals surface area contributed by atoms with Crippen LogP contribution < -0.4 is 5.32 Å². The van der Waals surface area contributed by atoms with Gasteiger partial charge in [0.15, 0.2) is 4.34 Å². The number of esters is 1. The molecule has 6 nitrogen and oxygen atoms in total. The minimum Gasteiger partial charge on any atom is -0.462 e. The van der Waals surface area contributed by atoms with Crippen LogP contribution in [0.15, 0.2) is 40.1 Å². The van der Waals surface area contributed by atoms with E-state index < -0.39 is 5.97 Å². The third-order valence-corrected chi connectivity index (χ3v) is 6.54. The van der Waals surface area contributed by atoms with Gasteiger partial charge >= 0.3 is 5.97 Å². The van der Waals surface area contributed by atoms with Crippen molar-refractivity contribution in [1.82, 2.24) is 10.2 Å². The Balaban J connectivity index is 1.71. The number of nitrogens with one attached hydrogen (secondary N) is 1. The normalized spacial score (nSPS) is 10.6. The molecule has 0 saturated carbocycles. The molecule has 2 heterocycles. The summed E-state index contributed by atoms with van der Waals surface area (Å²) in [4.78, 5) is 24.9. The molecule has 0 fully saturated rings. The summed E-state index contributed by atoms with van der Waals surface area (Å²) in [5.74, 6) is 0.00363. The first-order chi connectivity index (χ1) is 13.6. The van der Waals surface area contributed by atoms with Crippen molar-refractivity contribution in [2.45, 2.75) is 24.6 Å². The summed E-state index contributed by atoms with van der Waals surface area (Å²) in [6.07, 6.45) is 0.310. The monoisotopic (exact) mass is 433 g/mol. The van der Waals surface area contributed by atoms with Gasteiger partial charge in [0.25, 0.3) is 0 Å². The van der Waals surface area contributed by atoms with Gasteiger partial charge in [-0.3, -0.25) is 4.79 Å². The first-order valence-corrected chi connectivity index (χ1v) is 11.3. The van der Waals surface area contributed by atoms with Gasteiger partial charge < -0.3 is 10.1 Å². The minimum absolute atomic E-state index is 0.152. The van der Waals surface area contributed by atoms with Gasteiger partial charge in [0.1, 0.15) is 15.6 Å². The third kappa shape index (κ3) is 5.18. The Labute approximate surface area is 175 Å². The third-order valence-electron chi connectivity index (χ3n) is 3.67. The van der Waals surface area contributed by atoms with Gasteiger partial charge in [0, 0.05) is 23.1 Å². The fourth-order valence-electron chi connectivity index (χ4n) is 2.44. The molecule has 0 unspecified atom stereocenters. The van der Waals surface area contributed by atoms with Crippen molar-refractivity contribution >= 4 is 51.3 Å². The van der Waals surface area contributed by atoms with E-state index in [2.05, 4.69) is 15.5 Å². The van der Waals surface area contributed by atoms with Crippen LogP contribution >= 0.6 is 34.4 Å². The summed E-state index contributed by atoms with van der Waals surface area (Å²) >= 11 is 4.33. The zero-order chi connectivity index (χ0) is 19.9. The molecule has 0 atom stereocenters. The fraction of sp³-hybridized carbons (Fsp3) is 0.263. The molecule has 0 aliphatic rings. The van der Waals surface area contributed by atoms with Crippen LogP contribution in [0.3, 0.4) is 0 Å². The lowest BCUT2D eigenvalue weighted by Gasteiger charge is -2.08. The highest BCUT2D eigenvalue weighted by Crippen LogP contribution is 2.36. The molecular weight excluding hydrogens is 414 g/mol. The Kier molecular flexibility index (Phi) is 7.18. The first kappa shape index (κ1) is 20.5. The highest BCUT2D eigenvalue weighted by atomic mass is 32.2. The van der Waals surface area contributed by atoms with Gasteiger partial charge in [-0.2, -0.15) is 0 Å². The second-order valence-electron chi connectivity index (χ2n) is 5.67. The van der Waals surface area contributed by atoms with E-state index in [1.165, 1.54) is 34.4 Å². The van der Waals surface area contributed by atoms with Crippen molar-refractivity contribution in [3.63, 3.8) is 0 Å². The Hall–Kier alpha value is -2.23. The molecule has 0 radical (unpaired) electrons. The lowest BCUT2D eigenvalue weighted by Crippen LogP contribution is -2.15. The van der Waals surface area contributed by atoms with Crippen molar-refractivity contribution in [2.24, 2.45) is 0 Å². The van der Waals surface area contributed by atoms with Crippen LogP contribution in [0.4, 0.5) is 5.00 Å². The number of amides is 1. The maximum atomic E-state index is 12.5. The Bertz CT molecular complexity index is 954. The predicted molar refractivity (Wildman–Crippen MR) is 114 cm³/mol. The van der Waals surface area contributed by atoms with E-state index in [1.54, 1.807) is 6.92 Å². The number of carbonyl (C=O) groups excluding carboxylic acids is 2. The number of nitrogens with zero attached hydrogens (tertiary/aromatic N) is 2. The number of hydrogen-bond acceptors (Lipinski definition) is 8. The molecule has 1 aromatic carbocycles. The van der Waals surface area contributed by atoms with E-state index in [9.17, 15) is 9.59 Å². The van der Waals surface area contributed by atoms with Crippen LogP contribution in [0.25, 0.3) is 11.1 Å². The summed E-state index contributed by atoms with van der Waals surface area (Å²) in [5.41, 5.74) is 2.07. The summed E-state index contributed by atoms with van der Waals surface area (Å²) < 4.78 is 6.06. The highest BCUT2D eigenvalue weighted by molar-refractivity contribution is 8.01.